The zero-order valence-electron chi connectivity index (χ0n) is 20.8. The summed E-state index contributed by atoms with van der Waals surface area (Å²) < 4.78 is 11.8. The Hall–Kier alpha value is -4.24. The smallest absolute Gasteiger partial charge is 0.417 e. The van der Waals surface area contributed by atoms with Crippen LogP contribution in [0.2, 0.25) is 0 Å². The zero-order valence-corrected chi connectivity index (χ0v) is 20.8. The number of hydrogen-bond acceptors (Lipinski definition) is 1. The normalized spacial score (nSPS) is 18.6. The van der Waals surface area contributed by atoms with Gasteiger partial charge in [0.2, 0.25) is 11.4 Å². The molecule has 3 nitrogen and oxygen atoms in total. The van der Waals surface area contributed by atoms with Crippen molar-refractivity contribution in [2.75, 3.05) is 0 Å². The maximum absolute atomic E-state index is 6.82. The van der Waals surface area contributed by atoms with Gasteiger partial charge in [-0.05, 0) is 68.0 Å². The van der Waals surface area contributed by atoms with Crippen LogP contribution in [0.3, 0.4) is 0 Å². The lowest BCUT2D eigenvalue weighted by Gasteiger charge is -2.17. The quantitative estimate of drug-likeness (QED) is 0.225. The fourth-order valence-corrected chi connectivity index (χ4v) is 7.48. The highest BCUT2D eigenvalue weighted by molar-refractivity contribution is 6.04. The monoisotopic (exact) mass is 478 g/mol. The molecule has 6 aromatic rings. The summed E-state index contributed by atoms with van der Waals surface area (Å²) in [5, 5.41) is 3.82. The van der Waals surface area contributed by atoms with Crippen LogP contribution in [0.4, 0.5) is 0 Å². The average Bonchev–Trinajstić information content (AvgIpc) is 3.56. The Balaban J connectivity index is 1.54. The lowest BCUT2D eigenvalue weighted by Crippen LogP contribution is -2.71. The first kappa shape index (κ1) is 19.9. The molecule has 176 valence electrons. The van der Waals surface area contributed by atoms with Crippen molar-refractivity contribution in [1.82, 2.24) is 0 Å². The Kier molecular flexibility index (Phi) is 3.62. The van der Waals surface area contributed by atoms with Crippen molar-refractivity contribution >= 4 is 21.7 Å². The second kappa shape index (κ2) is 6.74. The molecular weight excluding hydrogens is 452 g/mol. The van der Waals surface area contributed by atoms with Gasteiger partial charge in [-0.25, -0.2) is 0 Å². The van der Waals surface area contributed by atoms with Crippen LogP contribution in [-0.4, -0.2) is 0 Å². The van der Waals surface area contributed by atoms with Gasteiger partial charge in [0.15, 0.2) is 12.4 Å². The summed E-state index contributed by atoms with van der Waals surface area (Å²) in [5.41, 5.74) is 10.9. The van der Waals surface area contributed by atoms with Gasteiger partial charge in [-0.2, -0.15) is 0 Å². The van der Waals surface area contributed by atoms with E-state index in [9.17, 15) is 0 Å². The molecule has 0 amide bonds. The molecule has 0 N–H and O–H groups in total. The van der Waals surface area contributed by atoms with E-state index in [1.807, 2.05) is 0 Å². The van der Waals surface area contributed by atoms with Crippen molar-refractivity contribution < 1.29 is 13.6 Å². The molecule has 3 aromatic heterocycles. The minimum absolute atomic E-state index is 0.506. The van der Waals surface area contributed by atoms with Gasteiger partial charge in [-0.15, -0.1) is 9.13 Å². The summed E-state index contributed by atoms with van der Waals surface area (Å²) in [5.74, 6) is 1.19. The van der Waals surface area contributed by atoms with Crippen LogP contribution >= 0.6 is 0 Å². The van der Waals surface area contributed by atoms with Gasteiger partial charge in [-0.3, -0.25) is 0 Å². The first-order valence-corrected chi connectivity index (χ1v) is 13.4. The van der Waals surface area contributed by atoms with Crippen molar-refractivity contribution in [3.63, 3.8) is 0 Å². The number of aryl methyl sites for hydroxylation is 3. The number of aromatic nitrogens is 2. The molecule has 2 aliphatic heterocycles. The van der Waals surface area contributed by atoms with Gasteiger partial charge < -0.3 is 4.42 Å². The van der Waals surface area contributed by atoms with Crippen molar-refractivity contribution in [2.24, 2.45) is 0 Å². The molecule has 5 heterocycles. The summed E-state index contributed by atoms with van der Waals surface area (Å²) in [6.45, 7) is 2.19. The van der Waals surface area contributed by atoms with Crippen LogP contribution in [0, 0.1) is 6.92 Å². The maximum atomic E-state index is 6.82. The third-order valence-corrected chi connectivity index (χ3v) is 8.97. The molecule has 0 saturated heterocycles. The second-order valence-corrected chi connectivity index (χ2v) is 10.9. The minimum Gasteiger partial charge on any atom is -0.460 e. The topological polar surface area (TPSA) is 20.9 Å². The molecule has 3 aliphatic rings. The lowest BCUT2D eigenvalue weighted by molar-refractivity contribution is -0.954. The maximum Gasteiger partial charge on any atom is 0.417 e. The van der Waals surface area contributed by atoms with Crippen LogP contribution in [0.5, 0.6) is 0 Å². The fraction of sp³-hybridized carbons (Fsp3) is 0.176. The summed E-state index contributed by atoms with van der Waals surface area (Å²) in [6, 6.07) is 29.2. The third-order valence-electron chi connectivity index (χ3n) is 8.97. The van der Waals surface area contributed by atoms with Gasteiger partial charge in [0.1, 0.15) is 28.0 Å². The number of benzene rings is 3. The summed E-state index contributed by atoms with van der Waals surface area (Å²) in [4.78, 5) is 0. The molecule has 1 atom stereocenters. The van der Waals surface area contributed by atoms with Crippen LogP contribution in [-0.2, 0) is 18.5 Å². The summed E-state index contributed by atoms with van der Waals surface area (Å²) in [6.07, 6.45) is 9.23. The van der Waals surface area contributed by atoms with Crippen LogP contribution in [0.15, 0.2) is 95.7 Å². The number of fused-ring (bicyclic) bond motifs is 16. The van der Waals surface area contributed by atoms with Crippen LogP contribution in [0.1, 0.15) is 40.9 Å². The Morgan fingerprint density at radius 1 is 0.757 bits per heavy atom. The van der Waals surface area contributed by atoms with E-state index in [0.29, 0.717) is 0 Å². The number of furan rings is 1. The van der Waals surface area contributed by atoms with E-state index < -0.39 is 5.66 Å². The summed E-state index contributed by atoms with van der Waals surface area (Å²) in [7, 11) is 0. The molecule has 3 aromatic carbocycles. The van der Waals surface area contributed by atoms with Gasteiger partial charge in [-0.1, -0.05) is 30.3 Å². The average molecular weight is 479 g/mol. The molecule has 1 spiro atoms. The van der Waals surface area contributed by atoms with Gasteiger partial charge >= 0.3 is 5.66 Å². The van der Waals surface area contributed by atoms with E-state index in [2.05, 4.69) is 107 Å². The van der Waals surface area contributed by atoms with E-state index in [-0.39, 0.29) is 0 Å². The Morgan fingerprint density at radius 2 is 1.62 bits per heavy atom. The highest BCUT2D eigenvalue weighted by Gasteiger charge is 2.67. The van der Waals surface area contributed by atoms with E-state index in [1.165, 1.54) is 79.5 Å². The molecule has 3 heteroatoms. The minimum atomic E-state index is -0.506. The first-order chi connectivity index (χ1) is 18.3. The van der Waals surface area contributed by atoms with Gasteiger partial charge in [0, 0.05) is 35.1 Å². The largest absolute Gasteiger partial charge is 0.460 e. The molecular formula is C34H26N2O+2. The number of nitrogens with zero attached hydrogens (tertiary/aromatic N) is 2. The van der Waals surface area contributed by atoms with E-state index in [0.717, 1.165) is 18.4 Å². The lowest BCUT2D eigenvalue weighted by atomic mass is 9.88. The predicted octanol–water partition coefficient (Wildman–Crippen LogP) is 6.61. The van der Waals surface area contributed by atoms with E-state index in [4.69, 9.17) is 4.42 Å². The fourth-order valence-electron chi connectivity index (χ4n) is 7.48. The van der Waals surface area contributed by atoms with Crippen molar-refractivity contribution in [3.05, 3.63) is 119 Å². The number of pyridine rings is 2. The van der Waals surface area contributed by atoms with Crippen molar-refractivity contribution in [1.29, 1.82) is 0 Å². The standard InChI is InChI=1S/C34H26N2O/c1-21-14-17-29-26-11-4-6-12-27(26)34(36(29)20-21)28-16-15-25-24-10-5-7-13-30(24)37-33(25)31(28)32-23-9-3-2-8-22(23)18-19-35(32)34/h2-4,6,8-9,11-12,14-20H,5,7,10,13H2,1H3/q+2. The highest BCUT2D eigenvalue weighted by atomic mass is 16.3. The molecule has 37 heavy (non-hydrogen) atoms. The van der Waals surface area contributed by atoms with Gasteiger partial charge in [0.05, 0.1) is 10.9 Å². The zero-order chi connectivity index (χ0) is 24.3. The van der Waals surface area contributed by atoms with E-state index >= 15 is 0 Å². The number of hydrogen-bond donors (Lipinski definition) is 0. The first-order valence-electron chi connectivity index (χ1n) is 13.4. The molecule has 0 fully saturated rings. The molecule has 0 bridgehead atoms. The van der Waals surface area contributed by atoms with Crippen molar-refractivity contribution in [3.8, 4) is 22.5 Å². The molecule has 1 unspecified atom stereocenters. The SMILES string of the molecule is Cc1ccc2[n+](c1)C1(c3ccccc3-2)c2ccc3c4c(oc3c2-c2c3ccccc3cc[n+]21)CCCC4. The Bertz CT molecular complexity index is 1960. The Morgan fingerprint density at radius 3 is 2.59 bits per heavy atom. The highest BCUT2D eigenvalue weighted by Crippen LogP contribution is 2.51. The molecule has 0 saturated carbocycles. The third kappa shape index (κ3) is 2.25. The summed E-state index contributed by atoms with van der Waals surface area (Å²) >= 11 is 0. The predicted molar refractivity (Wildman–Crippen MR) is 144 cm³/mol. The molecule has 9 rings (SSSR count). The van der Waals surface area contributed by atoms with Crippen molar-refractivity contribution in [2.45, 2.75) is 38.3 Å². The van der Waals surface area contributed by atoms with E-state index in [1.54, 1.807) is 0 Å². The van der Waals surface area contributed by atoms with Crippen LogP contribution in [0.25, 0.3) is 44.3 Å². The number of rotatable bonds is 0. The Labute approximate surface area is 215 Å². The molecule has 0 radical (unpaired) electrons. The van der Waals surface area contributed by atoms with Gasteiger partial charge in [0.25, 0.3) is 0 Å². The second-order valence-electron chi connectivity index (χ2n) is 10.9. The van der Waals surface area contributed by atoms with Crippen LogP contribution < -0.4 is 9.13 Å². The molecule has 1 aliphatic carbocycles.